The van der Waals surface area contributed by atoms with E-state index in [0.717, 1.165) is 64.6 Å². The summed E-state index contributed by atoms with van der Waals surface area (Å²) in [6, 6.07) is 1.72. The Morgan fingerprint density at radius 3 is 0.968 bits per heavy atom. The van der Waals surface area contributed by atoms with Crippen LogP contribution in [-0.4, -0.2) is 378 Å². The predicted molar refractivity (Wildman–Crippen MR) is 524 cm³/mol. The maximum Gasteiger partial charge on any atom is 0.410 e. The van der Waals surface area contributed by atoms with E-state index in [2.05, 4.69) is 300 Å². The molecule has 7 heterocycles. The van der Waals surface area contributed by atoms with E-state index < -0.39 is 36.8 Å². The first-order valence-electron chi connectivity index (χ1n) is 46.6. The molecular formula is C98H212F8N14O5. The van der Waals surface area contributed by atoms with Crippen molar-refractivity contribution in [2.45, 2.75) is 451 Å². The fourth-order valence-electron chi connectivity index (χ4n) is 10.7. The Labute approximate surface area is 769 Å². The average Bonchev–Trinajstić information content (AvgIpc) is 1.34. The van der Waals surface area contributed by atoms with Crippen LogP contribution in [0.15, 0.2) is 0 Å². The first-order valence-corrected chi connectivity index (χ1v) is 46.6. The number of likely N-dealkylation sites (tertiary alicyclic amines) is 5. The highest BCUT2D eigenvalue weighted by Gasteiger charge is 2.48. The number of aliphatic hydroxyl groups is 1. The maximum atomic E-state index is 12.3. The Bertz CT molecular complexity index is 2630. The number of alkyl halides is 8. The van der Waals surface area contributed by atoms with Crippen LogP contribution in [-0.2, 0) is 14.2 Å². The van der Waals surface area contributed by atoms with Crippen molar-refractivity contribution in [3.8, 4) is 0 Å². The van der Waals surface area contributed by atoms with E-state index in [1.54, 1.807) is 49.6 Å². The molecule has 19 nitrogen and oxygen atoms in total. The normalized spacial score (nSPS) is 19.4. The maximum absolute atomic E-state index is 12.3. The lowest BCUT2D eigenvalue weighted by Gasteiger charge is -2.48. The van der Waals surface area contributed by atoms with Crippen molar-refractivity contribution in [3.63, 3.8) is 0 Å². The topological polar surface area (TPSA) is 128 Å². The lowest BCUT2D eigenvalue weighted by Crippen LogP contribution is -2.62. The van der Waals surface area contributed by atoms with Crippen LogP contribution in [0, 0.1) is 0 Å². The number of cyclic esters (lactones) is 1. The summed E-state index contributed by atoms with van der Waals surface area (Å²) < 4.78 is 111. The number of nitrogens with one attached hydrogen (secondary N) is 2. The molecule has 1 unspecified atom stereocenters. The number of nitrogens with zero attached hydrogens (tertiary/aromatic N) is 12. The van der Waals surface area contributed by atoms with E-state index in [1.807, 2.05) is 69.4 Å². The molecule has 3 N–H and O–H groups in total. The van der Waals surface area contributed by atoms with Crippen molar-refractivity contribution in [1.82, 2.24) is 69.4 Å². The van der Waals surface area contributed by atoms with Gasteiger partial charge in [-0.25, -0.2) is 26.7 Å². The number of amides is 1. The first kappa shape index (κ1) is 134. The van der Waals surface area contributed by atoms with Gasteiger partial charge in [0.1, 0.15) is 12.8 Å². The molecule has 8 rings (SSSR count). The van der Waals surface area contributed by atoms with Gasteiger partial charge in [-0.2, -0.15) is 13.2 Å². The third-order valence-corrected chi connectivity index (χ3v) is 23.0. The molecule has 1 aliphatic carbocycles. The fourth-order valence-corrected chi connectivity index (χ4v) is 10.7. The number of rotatable bonds is 8. The van der Waals surface area contributed by atoms with Crippen LogP contribution in [0.5, 0.6) is 0 Å². The Morgan fingerprint density at radius 2 is 0.856 bits per heavy atom. The number of hydrogen-bond acceptors (Lipinski definition) is 18. The Hall–Kier alpha value is -1.93. The van der Waals surface area contributed by atoms with Gasteiger partial charge in [0.15, 0.2) is 0 Å². The summed E-state index contributed by atoms with van der Waals surface area (Å²) in [5.74, 6) is -2.42. The summed E-state index contributed by atoms with van der Waals surface area (Å²) >= 11 is 0. The first-order chi connectivity index (χ1) is 55.1. The molecule has 0 aromatic heterocycles. The molecule has 27 heteroatoms. The highest BCUT2D eigenvalue weighted by Crippen LogP contribution is 2.34. The van der Waals surface area contributed by atoms with E-state index in [1.165, 1.54) is 57.3 Å². The molecule has 1 saturated carbocycles. The standard InChI is InChI=1S/2C8H17NO.2C8H17N.C7H14F3N.C7H13F2N.C7H15F2N.C7H14FN.C7H13NO2.C7H15N.C7H17N.C6H15NO.C6H15N.C5H13N/c1-8(2,3)9-5-7(6-9)10-4;1-8(2,3)9-4-6-10-7-5-9;1-8(2,3)9(4)7-5-6-7;1-7-5-6-9(7)8(2,3)4;1-6(2,3)11(4)5-7(8,9)10;1-6(2,3)10-4-7(8,9)5-10;1-7(2,3)10(4)5-6(8)9;1-7(2,3)9-4-6(8)5-9;1-7(2,3)8-4-5-10-6(8)9;1-7(2,3)8-5-4-6-8;1-6-8(5)7(2,3)4;1-6(2,3)7-4-5-8;1-6(2,3)7(4)5;1-5(2,3)6-4/h7H,5-6H2,1-4H3;4-7H2,1-3H3;2*7H,5-6H2,1-4H3;5H2,1-4H3;4-5H2,1-3H3;6H,5H2,1-4H3;6H,4-5H2,1-3H3;4-5H2,1-3H3;4-6H2,1-3H3;6H2,1-5H3;7-8H,4-5H2,1-3H3;1-5H3;6H,1-4H3. The molecule has 1 atom stereocenters. The smallest absolute Gasteiger partial charge is 0.410 e. The van der Waals surface area contributed by atoms with Gasteiger partial charge in [-0.1, -0.05) is 6.92 Å². The third kappa shape index (κ3) is 71.3. The van der Waals surface area contributed by atoms with Gasteiger partial charge in [0.05, 0.1) is 58.6 Å². The number of aliphatic hydroxyl groups excluding tert-OH is 1. The molecule has 0 aromatic rings. The van der Waals surface area contributed by atoms with Crippen LogP contribution >= 0.6 is 0 Å². The van der Waals surface area contributed by atoms with Gasteiger partial charge in [-0.05, 0) is 392 Å². The highest BCUT2D eigenvalue weighted by atomic mass is 19.4. The van der Waals surface area contributed by atoms with Gasteiger partial charge < -0.3 is 39.8 Å². The van der Waals surface area contributed by atoms with Gasteiger partial charge in [-0.3, -0.25) is 49.0 Å². The van der Waals surface area contributed by atoms with E-state index in [-0.39, 0.29) is 60.0 Å². The van der Waals surface area contributed by atoms with Crippen LogP contribution in [0.2, 0.25) is 0 Å². The van der Waals surface area contributed by atoms with Crippen LogP contribution in [0.3, 0.4) is 0 Å². The molecule has 125 heavy (non-hydrogen) atoms. The van der Waals surface area contributed by atoms with Gasteiger partial charge in [0.25, 0.3) is 12.3 Å². The molecule has 1 amide bonds. The fraction of sp³-hybridized carbons (Fsp3) is 0.990. The Morgan fingerprint density at radius 1 is 0.488 bits per heavy atom. The van der Waals surface area contributed by atoms with Crippen LogP contribution in [0.4, 0.5) is 39.9 Å². The molecule has 8 fully saturated rings. The van der Waals surface area contributed by atoms with Gasteiger partial charge in [0, 0.05) is 149 Å². The van der Waals surface area contributed by atoms with Crippen molar-refractivity contribution in [3.05, 3.63) is 0 Å². The summed E-state index contributed by atoms with van der Waals surface area (Å²) in [4.78, 5) is 36.3. The zero-order chi connectivity index (χ0) is 101. The molecular weight excluding hydrogens is 1610 g/mol. The van der Waals surface area contributed by atoms with Crippen molar-refractivity contribution in [1.29, 1.82) is 0 Å². The van der Waals surface area contributed by atoms with Crippen molar-refractivity contribution in [2.75, 3.05) is 188 Å². The van der Waals surface area contributed by atoms with E-state index >= 15 is 0 Å². The SMILES string of the molecule is CC(C)(C)N1CC(F)(F)C1.CC(C)(C)N1CC(F)C1.CC(C)(C)N1CCC1.CC(C)(C)N1CCOC1=O.CC(C)(C)N1CCOCC1.CC(C)(C)NCCO.CC1CCN1C(C)(C)C.CCN(C)C(C)(C)C.CN(C)C(C)(C)C.CN(C1CC1)C(C)(C)C.CN(CC(F)(F)F)C(C)(C)C.CN(CC(F)F)C(C)(C)C.CNC(C)(C)C.COC1CN(C(C)(C)C)C1. The zero-order valence-corrected chi connectivity index (χ0v) is 91.8. The van der Waals surface area contributed by atoms with E-state index in [0.29, 0.717) is 76.7 Å². The summed E-state index contributed by atoms with van der Waals surface area (Å²) in [5, 5.41) is 14.6. The number of carbonyl (C=O) groups is 1. The minimum atomic E-state index is -4.10. The Balaban J connectivity index is -0.000000306. The molecule has 0 aromatic carbocycles. The second-order valence-electron chi connectivity index (χ2n) is 49.0. The number of β-amino-alcohol motifs (C(OH)–C–C–N with tert-alkyl or cyclic N) is 1. The lowest BCUT2D eigenvalue weighted by atomic mass is 9.95. The molecule has 0 bridgehead atoms. The number of ether oxygens (including phenoxy) is 3. The van der Waals surface area contributed by atoms with Crippen LogP contribution in [0.1, 0.15) is 330 Å². The minimum Gasteiger partial charge on any atom is -0.448 e. The van der Waals surface area contributed by atoms with Gasteiger partial charge >= 0.3 is 12.3 Å². The zero-order valence-electron chi connectivity index (χ0n) is 91.8. The highest BCUT2D eigenvalue weighted by molar-refractivity contribution is 5.70. The van der Waals surface area contributed by atoms with Gasteiger partial charge in [0.2, 0.25) is 0 Å². The van der Waals surface area contributed by atoms with Gasteiger partial charge in [-0.15, -0.1) is 0 Å². The van der Waals surface area contributed by atoms with Crippen molar-refractivity contribution >= 4 is 6.09 Å². The molecule has 0 spiro atoms. The van der Waals surface area contributed by atoms with Crippen molar-refractivity contribution in [2.24, 2.45) is 0 Å². The largest absolute Gasteiger partial charge is 0.448 e. The van der Waals surface area contributed by atoms with Crippen molar-refractivity contribution < 1.29 is 59.2 Å². The predicted octanol–water partition coefficient (Wildman–Crippen LogP) is 20.6. The molecule has 7 saturated heterocycles. The number of carbonyl (C=O) groups excluding carboxylic acids is 1. The lowest BCUT2D eigenvalue weighted by molar-refractivity contribution is -0.160. The second kappa shape index (κ2) is 57.1. The summed E-state index contributed by atoms with van der Waals surface area (Å²) in [5.41, 5.74) is 2.37. The third-order valence-electron chi connectivity index (χ3n) is 23.0. The van der Waals surface area contributed by atoms with E-state index in [9.17, 15) is 39.9 Å². The Kier molecular flexibility index (Phi) is 61.1. The number of morpholine rings is 1. The monoisotopic (exact) mass is 1820 g/mol. The summed E-state index contributed by atoms with van der Waals surface area (Å²) in [6.45, 7) is 107. The summed E-state index contributed by atoms with van der Waals surface area (Å²) in [7, 11) is 15.4. The van der Waals surface area contributed by atoms with E-state index in [4.69, 9.17) is 19.3 Å². The average molecular weight is 1820 g/mol. The second-order valence-corrected chi connectivity index (χ2v) is 49.0. The quantitative estimate of drug-likeness (QED) is 0.199. The molecule has 760 valence electrons. The molecule has 7 aliphatic heterocycles. The van der Waals surface area contributed by atoms with Crippen LogP contribution < -0.4 is 10.6 Å². The number of halogens is 8. The number of hydrogen-bond donors (Lipinski definition) is 3. The molecule has 8 aliphatic rings. The molecule has 0 radical (unpaired) electrons. The minimum absolute atomic E-state index is 0.0729. The van der Waals surface area contributed by atoms with Crippen LogP contribution in [0.25, 0.3) is 0 Å². The summed E-state index contributed by atoms with van der Waals surface area (Å²) in [6.07, 6.45) is -0.988. The number of methoxy groups -OCH3 is 1.